The highest BCUT2D eigenvalue weighted by Crippen LogP contribution is 2.40. The van der Waals surface area contributed by atoms with Crippen LogP contribution in [0.25, 0.3) is 0 Å². The lowest BCUT2D eigenvalue weighted by Crippen LogP contribution is -2.22. The zero-order valence-electron chi connectivity index (χ0n) is 8.80. The van der Waals surface area contributed by atoms with E-state index >= 15 is 0 Å². The molecule has 0 aromatic carbocycles. The number of anilines is 1. The van der Waals surface area contributed by atoms with Crippen LogP contribution >= 0.6 is 11.5 Å². The van der Waals surface area contributed by atoms with E-state index in [1.807, 2.05) is 4.90 Å². The van der Waals surface area contributed by atoms with Crippen molar-refractivity contribution in [2.75, 3.05) is 18.0 Å². The van der Waals surface area contributed by atoms with Crippen molar-refractivity contribution in [3.63, 3.8) is 0 Å². The molecule has 1 saturated carbocycles. The molecule has 0 amide bonds. The lowest BCUT2D eigenvalue weighted by molar-refractivity contribution is -0.140. The van der Waals surface area contributed by atoms with Gasteiger partial charge >= 0.3 is 5.97 Å². The van der Waals surface area contributed by atoms with Gasteiger partial charge in [0.05, 0.1) is 5.92 Å². The summed E-state index contributed by atoms with van der Waals surface area (Å²) in [4.78, 5) is 17.4. The lowest BCUT2D eigenvalue weighted by Gasteiger charge is -2.12. The van der Waals surface area contributed by atoms with E-state index in [9.17, 15) is 4.79 Å². The van der Waals surface area contributed by atoms with Gasteiger partial charge in [-0.05, 0) is 19.3 Å². The second kappa shape index (κ2) is 3.69. The van der Waals surface area contributed by atoms with Crippen LogP contribution in [0.15, 0.2) is 0 Å². The fraction of sp³-hybridized carbons (Fsp3) is 0.700. The first-order chi connectivity index (χ1) is 7.74. The highest BCUT2D eigenvalue weighted by Gasteiger charge is 2.32. The average molecular weight is 239 g/mol. The van der Waals surface area contributed by atoms with Gasteiger partial charge in [-0.3, -0.25) is 4.79 Å². The Morgan fingerprint density at radius 1 is 1.44 bits per heavy atom. The summed E-state index contributed by atoms with van der Waals surface area (Å²) in [7, 11) is 0. The summed E-state index contributed by atoms with van der Waals surface area (Å²) >= 11 is 1.40. The fourth-order valence-corrected chi connectivity index (χ4v) is 2.78. The Hall–Kier alpha value is -1.17. The zero-order chi connectivity index (χ0) is 11.1. The lowest BCUT2D eigenvalue weighted by atomic mass is 10.1. The first-order valence-electron chi connectivity index (χ1n) is 5.55. The summed E-state index contributed by atoms with van der Waals surface area (Å²) in [6, 6.07) is 0. The van der Waals surface area contributed by atoms with E-state index < -0.39 is 5.97 Å². The Bertz CT molecular complexity index is 416. The van der Waals surface area contributed by atoms with Gasteiger partial charge in [0, 0.05) is 30.5 Å². The molecule has 16 heavy (non-hydrogen) atoms. The molecule has 0 bridgehead atoms. The third-order valence-corrected chi connectivity index (χ3v) is 3.97. The number of hydrogen-bond donors (Lipinski definition) is 1. The minimum atomic E-state index is -0.700. The molecule has 2 aliphatic rings. The molecule has 1 aliphatic carbocycles. The second-order valence-corrected chi connectivity index (χ2v) is 5.21. The van der Waals surface area contributed by atoms with Gasteiger partial charge in [0.15, 0.2) is 0 Å². The molecule has 6 heteroatoms. The van der Waals surface area contributed by atoms with Gasteiger partial charge in [0.1, 0.15) is 5.82 Å². The standard InChI is InChI=1S/C10H13N3O2S/c14-9(15)7-3-4-13(5-7)10-11-8(12-16-10)6-1-2-6/h6-7H,1-5H2,(H,14,15). The minimum absolute atomic E-state index is 0.242. The minimum Gasteiger partial charge on any atom is -0.481 e. The Balaban J connectivity index is 1.70. The van der Waals surface area contributed by atoms with Gasteiger partial charge < -0.3 is 10.0 Å². The summed E-state index contributed by atoms with van der Waals surface area (Å²) in [6.45, 7) is 1.37. The normalized spacial score (nSPS) is 25.0. The molecule has 2 fully saturated rings. The van der Waals surface area contributed by atoms with Crippen LogP contribution in [0.4, 0.5) is 5.13 Å². The molecule has 0 spiro atoms. The van der Waals surface area contributed by atoms with Crippen LogP contribution in [0.3, 0.4) is 0 Å². The summed E-state index contributed by atoms with van der Waals surface area (Å²) in [6.07, 6.45) is 3.12. The molecule has 1 N–H and O–H groups in total. The van der Waals surface area contributed by atoms with Gasteiger partial charge in [-0.15, -0.1) is 0 Å². The van der Waals surface area contributed by atoms with Crippen LogP contribution in [0.1, 0.15) is 31.0 Å². The maximum atomic E-state index is 10.8. The summed E-state index contributed by atoms with van der Waals surface area (Å²) in [5.41, 5.74) is 0. The predicted molar refractivity (Wildman–Crippen MR) is 59.8 cm³/mol. The molecule has 1 atom stereocenters. The van der Waals surface area contributed by atoms with Gasteiger partial charge in [-0.2, -0.15) is 4.37 Å². The molecular formula is C10H13N3O2S. The molecule has 1 saturated heterocycles. The van der Waals surface area contributed by atoms with Crippen molar-refractivity contribution in [3.8, 4) is 0 Å². The molecule has 1 aromatic heterocycles. The quantitative estimate of drug-likeness (QED) is 0.861. The van der Waals surface area contributed by atoms with Crippen LogP contribution in [0.5, 0.6) is 0 Å². The van der Waals surface area contributed by atoms with Crippen molar-refractivity contribution in [2.24, 2.45) is 5.92 Å². The molecule has 1 aliphatic heterocycles. The predicted octanol–water partition coefficient (Wildman–Crippen LogP) is 1.33. The average Bonchev–Trinajstić information content (AvgIpc) is 2.83. The number of nitrogens with zero attached hydrogens (tertiary/aromatic N) is 3. The van der Waals surface area contributed by atoms with Crippen LogP contribution in [-0.4, -0.2) is 33.5 Å². The largest absolute Gasteiger partial charge is 0.481 e. The Morgan fingerprint density at radius 3 is 2.88 bits per heavy atom. The number of carboxylic acids is 1. The van der Waals surface area contributed by atoms with Crippen molar-refractivity contribution < 1.29 is 9.90 Å². The van der Waals surface area contributed by atoms with E-state index in [2.05, 4.69) is 9.36 Å². The van der Waals surface area contributed by atoms with E-state index in [1.165, 1.54) is 24.4 Å². The monoisotopic (exact) mass is 239 g/mol. The molecule has 2 heterocycles. The van der Waals surface area contributed by atoms with Crippen LogP contribution in [-0.2, 0) is 4.79 Å². The van der Waals surface area contributed by atoms with Crippen LogP contribution in [0.2, 0.25) is 0 Å². The maximum Gasteiger partial charge on any atom is 0.308 e. The first-order valence-corrected chi connectivity index (χ1v) is 6.33. The molecule has 5 nitrogen and oxygen atoms in total. The molecule has 1 unspecified atom stereocenters. The van der Waals surface area contributed by atoms with Crippen molar-refractivity contribution in [2.45, 2.75) is 25.2 Å². The molecular weight excluding hydrogens is 226 g/mol. The van der Waals surface area contributed by atoms with Crippen LogP contribution < -0.4 is 4.90 Å². The third kappa shape index (κ3) is 1.77. The van der Waals surface area contributed by atoms with E-state index in [-0.39, 0.29) is 5.92 Å². The molecule has 3 rings (SSSR count). The third-order valence-electron chi connectivity index (χ3n) is 3.18. The second-order valence-electron chi connectivity index (χ2n) is 4.48. The van der Waals surface area contributed by atoms with Crippen molar-refractivity contribution >= 4 is 22.6 Å². The van der Waals surface area contributed by atoms with Crippen molar-refractivity contribution in [1.29, 1.82) is 0 Å². The molecule has 1 aromatic rings. The van der Waals surface area contributed by atoms with Gasteiger partial charge in [0.25, 0.3) is 0 Å². The summed E-state index contributed by atoms with van der Waals surface area (Å²) in [5.74, 6) is 0.587. The fourth-order valence-electron chi connectivity index (χ4n) is 2.00. The van der Waals surface area contributed by atoms with Gasteiger partial charge in [0.2, 0.25) is 5.13 Å². The number of carboxylic acid groups (broad SMARTS) is 1. The Kier molecular flexibility index (Phi) is 2.31. The van der Waals surface area contributed by atoms with E-state index in [4.69, 9.17) is 5.11 Å². The van der Waals surface area contributed by atoms with Gasteiger partial charge in [-0.25, -0.2) is 4.98 Å². The SMILES string of the molecule is O=C(O)C1CCN(c2nc(C3CC3)ns2)C1. The number of aliphatic carboxylic acids is 1. The Labute approximate surface area is 97.3 Å². The summed E-state index contributed by atoms with van der Waals surface area (Å²) < 4.78 is 4.33. The number of carbonyl (C=O) groups is 1. The van der Waals surface area contributed by atoms with E-state index in [0.717, 1.165) is 17.5 Å². The molecule has 0 radical (unpaired) electrons. The number of aromatic nitrogens is 2. The van der Waals surface area contributed by atoms with Crippen molar-refractivity contribution in [3.05, 3.63) is 5.82 Å². The first kappa shape index (κ1) is 10.0. The number of rotatable bonds is 3. The number of hydrogen-bond acceptors (Lipinski definition) is 5. The Morgan fingerprint density at radius 2 is 2.25 bits per heavy atom. The topological polar surface area (TPSA) is 66.3 Å². The van der Waals surface area contributed by atoms with Crippen LogP contribution in [0, 0.1) is 5.92 Å². The summed E-state index contributed by atoms with van der Waals surface area (Å²) in [5, 5.41) is 9.82. The van der Waals surface area contributed by atoms with E-state index in [1.54, 1.807) is 0 Å². The highest BCUT2D eigenvalue weighted by atomic mass is 32.1. The molecule has 86 valence electrons. The van der Waals surface area contributed by atoms with Crippen molar-refractivity contribution in [1.82, 2.24) is 9.36 Å². The zero-order valence-corrected chi connectivity index (χ0v) is 9.61. The maximum absolute atomic E-state index is 10.8. The van der Waals surface area contributed by atoms with Gasteiger partial charge in [-0.1, -0.05) is 0 Å². The highest BCUT2D eigenvalue weighted by molar-refractivity contribution is 7.09. The van der Waals surface area contributed by atoms with E-state index in [0.29, 0.717) is 18.9 Å². The smallest absolute Gasteiger partial charge is 0.308 e.